The summed E-state index contributed by atoms with van der Waals surface area (Å²) in [6.45, 7) is 2.91. The van der Waals surface area contributed by atoms with Crippen molar-refractivity contribution in [1.29, 1.82) is 0 Å². The number of carbonyl (C=O) groups is 1. The number of hydrogen-bond donors (Lipinski definition) is 0. The van der Waals surface area contributed by atoms with Crippen molar-refractivity contribution in [3.8, 4) is 5.75 Å². The molecule has 0 aliphatic carbocycles. The molecule has 156 valence electrons. The molecule has 0 saturated carbocycles. The normalized spacial score (nSPS) is 11.2. The van der Waals surface area contributed by atoms with Gasteiger partial charge in [0.15, 0.2) is 5.13 Å². The van der Waals surface area contributed by atoms with E-state index in [0.717, 1.165) is 27.1 Å². The van der Waals surface area contributed by atoms with Crippen LogP contribution in [0.15, 0.2) is 78.9 Å². The van der Waals surface area contributed by atoms with Crippen molar-refractivity contribution < 1.29 is 9.53 Å². The van der Waals surface area contributed by atoms with Crippen LogP contribution in [0.4, 0.5) is 5.13 Å². The number of anilines is 1. The van der Waals surface area contributed by atoms with Gasteiger partial charge in [-0.15, -0.1) is 0 Å². The van der Waals surface area contributed by atoms with Crippen molar-refractivity contribution in [3.05, 3.63) is 95.0 Å². The quantitative estimate of drug-likeness (QED) is 0.299. The number of benzene rings is 3. The van der Waals surface area contributed by atoms with Crippen molar-refractivity contribution >= 4 is 50.3 Å². The molecule has 0 aliphatic heterocycles. The minimum atomic E-state index is -0.166. The van der Waals surface area contributed by atoms with Gasteiger partial charge in [0.25, 0.3) is 5.91 Å². The highest BCUT2D eigenvalue weighted by molar-refractivity contribution is 7.22. The average Bonchev–Trinajstić information content (AvgIpc) is 3.23. The molecule has 0 spiro atoms. The van der Waals surface area contributed by atoms with Gasteiger partial charge in [0.1, 0.15) is 11.3 Å². The maximum absolute atomic E-state index is 13.3. The predicted molar refractivity (Wildman–Crippen MR) is 129 cm³/mol. The van der Waals surface area contributed by atoms with Crippen LogP contribution in [0.5, 0.6) is 5.75 Å². The molecule has 4 rings (SSSR count). The second-order valence-electron chi connectivity index (χ2n) is 6.80. The number of hydrogen-bond acceptors (Lipinski definition) is 4. The van der Waals surface area contributed by atoms with Crippen LogP contribution < -0.4 is 9.64 Å². The Labute approximate surface area is 190 Å². The Morgan fingerprint density at radius 3 is 2.61 bits per heavy atom. The van der Waals surface area contributed by atoms with Gasteiger partial charge in [0.2, 0.25) is 0 Å². The summed E-state index contributed by atoms with van der Waals surface area (Å²) < 4.78 is 6.70. The van der Waals surface area contributed by atoms with Crippen LogP contribution in [-0.4, -0.2) is 17.5 Å². The molecule has 0 atom stereocenters. The first-order chi connectivity index (χ1) is 15.2. The highest BCUT2D eigenvalue weighted by atomic mass is 35.5. The maximum Gasteiger partial charge on any atom is 0.253 e. The Bertz CT molecular complexity index is 1220. The summed E-state index contributed by atoms with van der Waals surface area (Å²) in [5.41, 5.74) is 2.58. The molecule has 0 radical (unpaired) electrons. The van der Waals surface area contributed by atoms with Gasteiger partial charge in [-0.2, -0.15) is 0 Å². The fraction of sp³-hybridized carbons (Fsp3) is 0.120. The van der Waals surface area contributed by atoms with Crippen LogP contribution in [0.3, 0.4) is 0 Å². The van der Waals surface area contributed by atoms with E-state index in [1.165, 1.54) is 11.3 Å². The number of halogens is 1. The van der Waals surface area contributed by atoms with Crippen molar-refractivity contribution in [2.45, 2.75) is 13.5 Å². The third-order valence-electron chi connectivity index (χ3n) is 4.66. The molecule has 1 amide bonds. The molecule has 0 N–H and O–H groups in total. The number of carbonyl (C=O) groups excluding carboxylic acids is 1. The first kappa shape index (κ1) is 21.1. The van der Waals surface area contributed by atoms with Crippen LogP contribution in [0.25, 0.3) is 16.3 Å². The van der Waals surface area contributed by atoms with Gasteiger partial charge in [-0.05, 0) is 42.3 Å². The van der Waals surface area contributed by atoms with E-state index >= 15 is 0 Å². The maximum atomic E-state index is 13.3. The number of thiazole rings is 1. The average molecular weight is 449 g/mol. The van der Waals surface area contributed by atoms with E-state index in [1.807, 2.05) is 73.7 Å². The Balaban J connectivity index is 1.71. The van der Waals surface area contributed by atoms with Crippen molar-refractivity contribution in [3.63, 3.8) is 0 Å². The lowest BCUT2D eigenvalue weighted by Gasteiger charge is -2.18. The number of fused-ring (bicyclic) bond motifs is 1. The zero-order valence-electron chi connectivity index (χ0n) is 17.0. The van der Waals surface area contributed by atoms with Crippen LogP contribution in [-0.2, 0) is 11.3 Å². The molecule has 1 aromatic heterocycles. The Kier molecular flexibility index (Phi) is 6.65. The minimum absolute atomic E-state index is 0.166. The van der Waals surface area contributed by atoms with E-state index in [1.54, 1.807) is 23.1 Å². The first-order valence-electron chi connectivity index (χ1n) is 9.96. The molecule has 0 saturated heterocycles. The summed E-state index contributed by atoms with van der Waals surface area (Å²) in [4.78, 5) is 19.7. The third-order valence-corrected chi connectivity index (χ3v) is 6.05. The van der Waals surface area contributed by atoms with E-state index in [2.05, 4.69) is 0 Å². The molecule has 0 fully saturated rings. The molecule has 0 bridgehead atoms. The van der Waals surface area contributed by atoms with Gasteiger partial charge in [-0.1, -0.05) is 77.5 Å². The van der Waals surface area contributed by atoms with Crippen LogP contribution >= 0.6 is 22.9 Å². The van der Waals surface area contributed by atoms with Crippen molar-refractivity contribution in [2.75, 3.05) is 11.5 Å². The van der Waals surface area contributed by atoms with Crippen molar-refractivity contribution in [2.24, 2.45) is 0 Å². The molecule has 4 aromatic rings. The zero-order valence-corrected chi connectivity index (χ0v) is 18.6. The lowest BCUT2D eigenvalue weighted by atomic mass is 10.2. The molecular weight excluding hydrogens is 428 g/mol. The molecule has 0 unspecified atom stereocenters. The minimum Gasteiger partial charge on any atom is -0.492 e. The first-order valence-corrected chi connectivity index (χ1v) is 11.2. The Hall–Kier alpha value is -3.15. The van der Waals surface area contributed by atoms with E-state index in [-0.39, 0.29) is 5.91 Å². The number of amides is 1. The molecule has 0 aliphatic rings. The Morgan fingerprint density at radius 2 is 1.84 bits per heavy atom. The van der Waals surface area contributed by atoms with Gasteiger partial charge in [0, 0.05) is 11.1 Å². The number of ether oxygens (including phenoxy) is 1. The number of aromatic nitrogens is 1. The van der Waals surface area contributed by atoms with E-state index in [4.69, 9.17) is 21.3 Å². The van der Waals surface area contributed by atoms with Gasteiger partial charge in [-0.25, -0.2) is 4.98 Å². The van der Waals surface area contributed by atoms with Crippen LogP contribution in [0.1, 0.15) is 18.1 Å². The molecule has 4 nitrogen and oxygen atoms in total. The van der Waals surface area contributed by atoms with Gasteiger partial charge < -0.3 is 4.74 Å². The molecule has 3 aromatic carbocycles. The highest BCUT2D eigenvalue weighted by Gasteiger charge is 2.20. The second-order valence-corrected chi connectivity index (χ2v) is 8.21. The second kappa shape index (κ2) is 9.77. The topological polar surface area (TPSA) is 42.4 Å². The Morgan fingerprint density at radius 1 is 1.06 bits per heavy atom. The van der Waals surface area contributed by atoms with Crippen molar-refractivity contribution in [1.82, 2.24) is 4.98 Å². The summed E-state index contributed by atoms with van der Waals surface area (Å²) in [6, 6.07) is 23.1. The molecule has 31 heavy (non-hydrogen) atoms. The van der Waals surface area contributed by atoms with Gasteiger partial charge in [0.05, 0.1) is 17.9 Å². The number of rotatable bonds is 7. The standard InChI is InChI=1S/C25H21ClN2O2S/c1-2-30-21-13-8-14-22-24(21)27-25(31-22)28(17-18-9-4-3-5-10-18)23(29)16-15-19-11-6-7-12-20(19)26/h3-16H,2,17H2,1H3/b16-15+. The molecule has 1 heterocycles. The van der Waals surface area contributed by atoms with Gasteiger partial charge in [-0.3, -0.25) is 9.69 Å². The monoisotopic (exact) mass is 448 g/mol. The molecular formula is C25H21ClN2O2S. The number of nitrogens with zero attached hydrogens (tertiary/aromatic N) is 2. The van der Waals surface area contributed by atoms with E-state index < -0.39 is 0 Å². The smallest absolute Gasteiger partial charge is 0.253 e. The van der Waals surface area contributed by atoms with Gasteiger partial charge >= 0.3 is 0 Å². The van der Waals surface area contributed by atoms with Crippen LogP contribution in [0, 0.1) is 0 Å². The highest BCUT2D eigenvalue weighted by Crippen LogP contribution is 2.35. The number of para-hydroxylation sites is 1. The summed E-state index contributed by atoms with van der Waals surface area (Å²) >= 11 is 7.71. The fourth-order valence-corrected chi connectivity index (χ4v) is 4.35. The summed E-state index contributed by atoms with van der Waals surface area (Å²) in [7, 11) is 0. The van der Waals surface area contributed by atoms with E-state index in [9.17, 15) is 4.79 Å². The van der Waals surface area contributed by atoms with Crippen LogP contribution in [0.2, 0.25) is 5.02 Å². The predicted octanol–water partition coefficient (Wildman–Crippen LogP) is 6.60. The molecule has 6 heteroatoms. The summed E-state index contributed by atoms with van der Waals surface area (Å²) in [6.07, 6.45) is 3.28. The van der Waals surface area contributed by atoms with E-state index in [0.29, 0.717) is 23.3 Å². The zero-order chi connectivity index (χ0) is 21.6. The summed E-state index contributed by atoms with van der Waals surface area (Å²) in [5.74, 6) is 0.557. The lowest BCUT2D eigenvalue weighted by Crippen LogP contribution is -2.28. The third kappa shape index (κ3) is 4.95. The fourth-order valence-electron chi connectivity index (χ4n) is 3.17. The largest absolute Gasteiger partial charge is 0.492 e. The SMILES string of the molecule is CCOc1cccc2sc(N(Cc3ccccc3)C(=O)/C=C/c3ccccc3Cl)nc12. The summed E-state index contributed by atoms with van der Waals surface area (Å²) in [5, 5.41) is 1.22. The lowest BCUT2D eigenvalue weighted by molar-refractivity contribution is -0.114.